The predicted octanol–water partition coefficient (Wildman–Crippen LogP) is 1.88. The minimum atomic E-state index is -0.419. The highest BCUT2D eigenvalue weighted by Gasteiger charge is 2.34. The fourth-order valence-corrected chi connectivity index (χ4v) is 1.29. The van der Waals surface area contributed by atoms with E-state index in [1.165, 1.54) is 0 Å². The van der Waals surface area contributed by atoms with E-state index >= 15 is 0 Å². The number of nitrogens with zero attached hydrogens (tertiary/aromatic N) is 1. The lowest BCUT2D eigenvalue weighted by Crippen LogP contribution is -2.43. The summed E-state index contributed by atoms with van der Waals surface area (Å²) >= 11 is 0. The summed E-state index contributed by atoms with van der Waals surface area (Å²) in [6.07, 6.45) is -0.256. The molecule has 78 valence electrons. The number of hydrogen-bond donors (Lipinski definition) is 0. The van der Waals surface area contributed by atoms with Gasteiger partial charge in [-0.05, 0) is 13.8 Å². The molecule has 1 rings (SSSR count). The summed E-state index contributed by atoms with van der Waals surface area (Å²) in [7, 11) is 0. The molecule has 0 radical (unpaired) electrons. The third-order valence-corrected chi connectivity index (χ3v) is 2.10. The monoisotopic (exact) mass is 195 g/mol. The number of rotatable bonds is 1. The molecule has 0 aliphatic carbocycles. The van der Waals surface area contributed by atoms with Gasteiger partial charge in [-0.15, -0.1) is 0 Å². The van der Waals surface area contributed by atoms with Crippen molar-refractivity contribution in [2.24, 2.45) is 5.92 Å². The number of carbonyl (C=O) groups excluding carboxylic acids is 1. The Hall–Kier alpha value is -1.17. The van der Waals surface area contributed by atoms with Crippen LogP contribution >= 0.6 is 0 Å². The molecule has 0 aromatic rings. The molecule has 0 bridgehead atoms. The van der Waals surface area contributed by atoms with Crippen LogP contribution in [0.2, 0.25) is 0 Å². The fraction of sp³-hybridized carbons (Fsp3) is 0.727. The number of hydrogen-bond acceptors (Lipinski definition) is 2. The Kier molecular flexibility index (Phi) is 3.05. The van der Waals surface area contributed by atoms with Crippen LogP contribution in [0.5, 0.6) is 0 Å². The second-order valence-corrected chi connectivity index (χ2v) is 4.25. The largest absolute Gasteiger partial charge is 0.447 e. The first-order chi connectivity index (χ1) is 6.43. The molecule has 0 saturated carbocycles. The molecular formula is C11H17NO2. The van der Waals surface area contributed by atoms with Crippen molar-refractivity contribution in [3.8, 4) is 11.8 Å². The van der Waals surface area contributed by atoms with Gasteiger partial charge in [0.05, 0.1) is 6.54 Å². The first kappa shape index (κ1) is 10.9. The van der Waals surface area contributed by atoms with Gasteiger partial charge < -0.3 is 4.74 Å². The normalized spacial score (nSPS) is 16.6. The molecule has 0 N–H and O–H groups in total. The topological polar surface area (TPSA) is 29.5 Å². The van der Waals surface area contributed by atoms with Crippen LogP contribution in [0.1, 0.15) is 27.7 Å². The zero-order valence-corrected chi connectivity index (χ0v) is 9.26. The van der Waals surface area contributed by atoms with Crippen LogP contribution in [0.4, 0.5) is 4.79 Å². The van der Waals surface area contributed by atoms with Crippen LogP contribution in [-0.2, 0) is 4.74 Å². The highest BCUT2D eigenvalue weighted by atomic mass is 16.6. The molecule has 1 aliphatic heterocycles. The molecule has 1 fully saturated rings. The molecule has 3 nitrogen and oxygen atoms in total. The molecular weight excluding hydrogens is 178 g/mol. The zero-order chi connectivity index (χ0) is 10.8. The second kappa shape index (κ2) is 3.91. The van der Waals surface area contributed by atoms with Crippen molar-refractivity contribution in [2.75, 3.05) is 13.2 Å². The summed E-state index contributed by atoms with van der Waals surface area (Å²) in [4.78, 5) is 13.0. The summed E-state index contributed by atoms with van der Waals surface area (Å²) in [5.74, 6) is 6.52. The van der Waals surface area contributed by atoms with E-state index in [1.54, 1.807) is 4.90 Å². The lowest BCUT2D eigenvalue weighted by Gasteiger charge is -2.28. The molecule has 1 heterocycles. The molecule has 0 aromatic carbocycles. The second-order valence-electron chi connectivity index (χ2n) is 4.25. The first-order valence-electron chi connectivity index (χ1n) is 4.90. The summed E-state index contributed by atoms with van der Waals surface area (Å²) in [6, 6.07) is 0. The third-order valence-electron chi connectivity index (χ3n) is 2.10. The van der Waals surface area contributed by atoms with E-state index < -0.39 is 5.54 Å². The predicted molar refractivity (Wildman–Crippen MR) is 54.7 cm³/mol. The average molecular weight is 195 g/mol. The standard InChI is InChI=1S/C11H17NO2/c1-9(2)5-6-11(3,4)12-7-8-14-10(12)13/h9H,7-8H2,1-4H3. The molecule has 3 heteroatoms. The van der Waals surface area contributed by atoms with Gasteiger partial charge in [-0.25, -0.2) is 4.79 Å². The van der Waals surface area contributed by atoms with Crippen LogP contribution in [0.3, 0.4) is 0 Å². The van der Waals surface area contributed by atoms with Gasteiger partial charge in [0.1, 0.15) is 12.1 Å². The first-order valence-corrected chi connectivity index (χ1v) is 4.90. The lowest BCUT2D eigenvalue weighted by atomic mass is 10.0. The molecule has 0 spiro atoms. The van der Waals surface area contributed by atoms with E-state index in [4.69, 9.17) is 4.74 Å². The molecule has 1 saturated heterocycles. The van der Waals surface area contributed by atoms with Gasteiger partial charge >= 0.3 is 6.09 Å². The van der Waals surface area contributed by atoms with E-state index in [1.807, 2.05) is 27.7 Å². The minimum absolute atomic E-state index is 0.256. The number of amides is 1. The number of ether oxygens (including phenoxy) is 1. The van der Waals surface area contributed by atoms with E-state index in [-0.39, 0.29) is 6.09 Å². The highest BCUT2D eigenvalue weighted by Crippen LogP contribution is 2.18. The van der Waals surface area contributed by atoms with Gasteiger partial charge in [0.25, 0.3) is 0 Å². The molecule has 0 unspecified atom stereocenters. The molecule has 14 heavy (non-hydrogen) atoms. The van der Waals surface area contributed by atoms with Gasteiger partial charge in [-0.1, -0.05) is 25.7 Å². The SMILES string of the molecule is CC(C)C#CC(C)(C)N1CCOC1=O. The van der Waals surface area contributed by atoms with E-state index in [0.29, 0.717) is 19.1 Å². The Balaban J connectivity index is 2.75. The Morgan fingerprint density at radius 1 is 1.50 bits per heavy atom. The van der Waals surface area contributed by atoms with Crippen LogP contribution in [-0.4, -0.2) is 29.7 Å². The maximum Gasteiger partial charge on any atom is 0.411 e. The zero-order valence-electron chi connectivity index (χ0n) is 9.26. The maximum atomic E-state index is 11.3. The third kappa shape index (κ3) is 2.41. The number of carbonyl (C=O) groups is 1. The molecule has 1 amide bonds. The van der Waals surface area contributed by atoms with Crippen molar-refractivity contribution < 1.29 is 9.53 Å². The van der Waals surface area contributed by atoms with Gasteiger partial charge in [0.2, 0.25) is 0 Å². The van der Waals surface area contributed by atoms with Crippen LogP contribution in [0, 0.1) is 17.8 Å². The summed E-state index contributed by atoms with van der Waals surface area (Å²) in [6.45, 7) is 9.06. The van der Waals surface area contributed by atoms with Crippen molar-refractivity contribution >= 4 is 6.09 Å². The van der Waals surface area contributed by atoms with Crippen LogP contribution < -0.4 is 0 Å². The Morgan fingerprint density at radius 3 is 2.57 bits per heavy atom. The summed E-state index contributed by atoms with van der Waals surface area (Å²) < 4.78 is 4.88. The van der Waals surface area contributed by atoms with Crippen molar-refractivity contribution in [2.45, 2.75) is 33.2 Å². The average Bonchev–Trinajstić information content (AvgIpc) is 2.48. The smallest absolute Gasteiger partial charge is 0.411 e. The van der Waals surface area contributed by atoms with Crippen LogP contribution in [0.15, 0.2) is 0 Å². The highest BCUT2D eigenvalue weighted by molar-refractivity contribution is 5.71. The number of cyclic esters (lactones) is 1. The van der Waals surface area contributed by atoms with E-state index in [2.05, 4.69) is 11.8 Å². The van der Waals surface area contributed by atoms with Crippen molar-refractivity contribution in [3.05, 3.63) is 0 Å². The fourth-order valence-electron chi connectivity index (χ4n) is 1.29. The van der Waals surface area contributed by atoms with E-state index in [9.17, 15) is 4.79 Å². The summed E-state index contributed by atoms with van der Waals surface area (Å²) in [5, 5.41) is 0. The summed E-state index contributed by atoms with van der Waals surface area (Å²) in [5.41, 5.74) is -0.419. The Morgan fingerprint density at radius 2 is 2.14 bits per heavy atom. The lowest BCUT2D eigenvalue weighted by molar-refractivity contribution is 0.142. The Bertz CT molecular complexity index is 283. The Labute approximate surface area is 85.4 Å². The maximum absolute atomic E-state index is 11.3. The van der Waals surface area contributed by atoms with Crippen molar-refractivity contribution in [1.29, 1.82) is 0 Å². The van der Waals surface area contributed by atoms with Gasteiger partial charge in [-0.2, -0.15) is 0 Å². The van der Waals surface area contributed by atoms with Crippen LogP contribution in [0.25, 0.3) is 0 Å². The van der Waals surface area contributed by atoms with Gasteiger partial charge in [0.15, 0.2) is 0 Å². The quantitative estimate of drug-likeness (QED) is 0.598. The van der Waals surface area contributed by atoms with Gasteiger partial charge in [0, 0.05) is 5.92 Å². The molecule has 1 aliphatic rings. The van der Waals surface area contributed by atoms with Gasteiger partial charge in [-0.3, -0.25) is 4.90 Å². The minimum Gasteiger partial charge on any atom is -0.447 e. The molecule has 0 aromatic heterocycles. The van der Waals surface area contributed by atoms with Crippen molar-refractivity contribution in [3.63, 3.8) is 0 Å². The molecule has 0 atom stereocenters. The van der Waals surface area contributed by atoms with E-state index in [0.717, 1.165) is 0 Å². The van der Waals surface area contributed by atoms with Crippen molar-refractivity contribution in [1.82, 2.24) is 4.90 Å².